The lowest BCUT2D eigenvalue weighted by atomic mass is 9.96. The van der Waals surface area contributed by atoms with E-state index in [0.717, 1.165) is 25.2 Å². The Bertz CT molecular complexity index is 949. The van der Waals surface area contributed by atoms with E-state index in [-0.39, 0.29) is 11.9 Å². The topological polar surface area (TPSA) is 48.7 Å². The average Bonchev–Trinajstić information content (AvgIpc) is 3.29. The third-order valence-corrected chi connectivity index (χ3v) is 5.60. The maximum absolute atomic E-state index is 12.4. The zero-order valence-corrected chi connectivity index (χ0v) is 17.0. The Hall–Kier alpha value is -3.05. The highest BCUT2D eigenvalue weighted by Crippen LogP contribution is 2.28. The molecule has 0 spiro atoms. The first-order chi connectivity index (χ1) is 14.1. The summed E-state index contributed by atoms with van der Waals surface area (Å²) in [5.74, 6) is 0.165. The van der Waals surface area contributed by atoms with Crippen LogP contribution in [-0.2, 0) is 13.0 Å². The number of anilines is 1. The minimum atomic E-state index is -0.178. The molecule has 0 bridgehead atoms. The van der Waals surface area contributed by atoms with E-state index in [1.807, 2.05) is 14.1 Å². The number of carbonyl (C=O) groups is 1. The third kappa shape index (κ3) is 4.35. The molecule has 5 nitrogen and oxygen atoms in total. The van der Waals surface area contributed by atoms with Crippen LogP contribution >= 0.6 is 0 Å². The van der Waals surface area contributed by atoms with E-state index in [9.17, 15) is 4.79 Å². The standard InChI is InChI=1S/C24H27N3O2/c1-26(2)21-11-9-19(10-12-21)22(16-25-24(28)23-8-5-15-29-23)27-14-13-18-6-3-4-7-20(18)17-27/h3-12,15,22H,13-14,16-17H2,1-2H3,(H,25,28)/t22-/m1/s1. The van der Waals surface area contributed by atoms with Crippen LogP contribution in [0.2, 0.25) is 0 Å². The first-order valence-electron chi connectivity index (χ1n) is 10.0. The Morgan fingerprint density at radius 3 is 2.52 bits per heavy atom. The van der Waals surface area contributed by atoms with Gasteiger partial charge in [-0.3, -0.25) is 9.69 Å². The minimum absolute atomic E-state index is 0.0958. The van der Waals surface area contributed by atoms with Crippen LogP contribution in [0.15, 0.2) is 71.3 Å². The lowest BCUT2D eigenvalue weighted by Gasteiger charge is -2.36. The molecule has 0 aliphatic carbocycles. The van der Waals surface area contributed by atoms with Crippen LogP contribution in [-0.4, -0.2) is 38.0 Å². The highest BCUT2D eigenvalue weighted by Gasteiger charge is 2.25. The predicted octanol–water partition coefficient (Wildman–Crippen LogP) is 3.88. The monoisotopic (exact) mass is 389 g/mol. The minimum Gasteiger partial charge on any atom is -0.459 e. The molecule has 1 aliphatic heterocycles. The van der Waals surface area contributed by atoms with Crippen molar-refractivity contribution in [2.45, 2.75) is 19.0 Å². The van der Waals surface area contributed by atoms with E-state index in [2.05, 4.69) is 63.6 Å². The molecule has 0 radical (unpaired) electrons. The lowest BCUT2D eigenvalue weighted by molar-refractivity contribution is 0.0900. The van der Waals surface area contributed by atoms with E-state index in [1.54, 1.807) is 12.1 Å². The Labute approximate surface area is 171 Å². The van der Waals surface area contributed by atoms with Gasteiger partial charge in [-0.2, -0.15) is 0 Å². The number of nitrogens with one attached hydrogen (secondary N) is 1. The number of carbonyl (C=O) groups excluding carboxylic acids is 1. The molecule has 0 fully saturated rings. The van der Waals surface area contributed by atoms with Gasteiger partial charge in [0, 0.05) is 39.4 Å². The zero-order chi connectivity index (χ0) is 20.2. The quantitative estimate of drug-likeness (QED) is 0.695. The first kappa shape index (κ1) is 19.3. The molecule has 3 aromatic rings. The van der Waals surface area contributed by atoms with Gasteiger partial charge < -0.3 is 14.6 Å². The second kappa shape index (κ2) is 8.53. The summed E-state index contributed by atoms with van der Waals surface area (Å²) in [5, 5.41) is 3.06. The fourth-order valence-electron chi connectivity index (χ4n) is 3.92. The molecule has 1 N–H and O–H groups in total. The summed E-state index contributed by atoms with van der Waals surface area (Å²) in [6.45, 7) is 2.38. The summed E-state index contributed by atoms with van der Waals surface area (Å²) < 4.78 is 5.24. The summed E-state index contributed by atoms with van der Waals surface area (Å²) in [5.41, 5.74) is 5.15. The number of benzene rings is 2. The van der Waals surface area contributed by atoms with Crippen molar-refractivity contribution in [3.05, 3.63) is 89.4 Å². The van der Waals surface area contributed by atoms with Crippen molar-refractivity contribution >= 4 is 11.6 Å². The van der Waals surface area contributed by atoms with E-state index in [1.165, 1.54) is 23.0 Å². The van der Waals surface area contributed by atoms with Crippen molar-refractivity contribution in [3.63, 3.8) is 0 Å². The summed E-state index contributed by atoms with van der Waals surface area (Å²) in [6.07, 6.45) is 2.54. The molecule has 4 rings (SSSR count). The van der Waals surface area contributed by atoms with Crippen molar-refractivity contribution in [3.8, 4) is 0 Å². The highest BCUT2D eigenvalue weighted by atomic mass is 16.3. The van der Waals surface area contributed by atoms with E-state index < -0.39 is 0 Å². The van der Waals surface area contributed by atoms with Crippen molar-refractivity contribution in [2.24, 2.45) is 0 Å². The third-order valence-electron chi connectivity index (χ3n) is 5.60. The molecule has 29 heavy (non-hydrogen) atoms. The van der Waals surface area contributed by atoms with Gasteiger partial charge in [0.05, 0.1) is 12.3 Å². The smallest absolute Gasteiger partial charge is 0.287 e. The van der Waals surface area contributed by atoms with Crippen LogP contribution in [0.4, 0.5) is 5.69 Å². The molecule has 0 unspecified atom stereocenters. The maximum Gasteiger partial charge on any atom is 0.287 e. The molecular weight excluding hydrogens is 362 g/mol. The number of furan rings is 1. The molecule has 1 aromatic heterocycles. The van der Waals surface area contributed by atoms with Crippen LogP contribution in [0, 0.1) is 0 Å². The number of amides is 1. The van der Waals surface area contributed by atoms with E-state index in [0.29, 0.717) is 12.3 Å². The molecule has 0 saturated heterocycles. The van der Waals surface area contributed by atoms with Gasteiger partial charge >= 0.3 is 0 Å². The predicted molar refractivity (Wildman–Crippen MR) is 115 cm³/mol. The van der Waals surface area contributed by atoms with Crippen LogP contribution in [0.25, 0.3) is 0 Å². The average molecular weight is 389 g/mol. The first-order valence-corrected chi connectivity index (χ1v) is 10.0. The number of nitrogens with zero attached hydrogens (tertiary/aromatic N) is 2. The van der Waals surface area contributed by atoms with Crippen LogP contribution < -0.4 is 10.2 Å². The summed E-state index contributed by atoms with van der Waals surface area (Å²) in [4.78, 5) is 17.0. The molecule has 5 heteroatoms. The van der Waals surface area contributed by atoms with Crippen molar-refractivity contribution in [1.82, 2.24) is 10.2 Å². The molecule has 0 saturated carbocycles. The van der Waals surface area contributed by atoms with Gasteiger partial charge in [-0.1, -0.05) is 36.4 Å². The fourth-order valence-corrected chi connectivity index (χ4v) is 3.92. The second-order valence-corrected chi connectivity index (χ2v) is 7.68. The summed E-state index contributed by atoms with van der Waals surface area (Å²) in [6, 6.07) is 20.7. The highest BCUT2D eigenvalue weighted by molar-refractivity contribution is 5.91. The molecule has 150 valence electrons. The Balaban J connectivity index is 1.56. The number of fused-ring (bicyclic) bond motifs is 1. The van der Waals surface area contributed by atoms with Crippen molar-refractivity contribution < 1.29 is 9.21 Å². The molecule has 1 atom stereocenters. The molecule has 2 aromatic carbocycles. The SMILES string of the molecule is CN(C)c1ccc([C@@H](CNC(=O)c2ccco2)N2CCc3ccccc3C2)cc1. The second-order valence-electron chi connectivity index (χ2n) is 7.68. The van der Waals surface area contributed by atoms with Crippen molar-refractivity contribution in [2.75, 3.05) is 32.1 Å². The molecule has 2 heterocycles. The van der Waals surface area contributed by atoms with Gasteiger partial charge in [-0.05, 0) is 47.4 Å². The molecular formula is C24H27N3O2. The van der Waals surface area contributed by atoms with Gasteiger partial charge in [0.15, 0.2) is 5.76 Å². The number of rotatable bonds is 6. The largest absolute Gasteiger partial charge is 0.459 e. The van der Waals surface area contributed by atoms with Gasteiger partial charge in [0.2, 0.25) is 0 Å². The maximum atomic E-state index is 12.4. The van der Waals surface area contributed by atoms with Gasteiger partial charge in [-0.25, -0.2) is 0 Å². The molecule has 1 aliphatic rings. The fraction of sp³-hybridized carbons (Fsp3) is 0.292. The lowest BCUT2D eigenvalue weighted by Crippen LogP contribution is -2.40. The zero-order valence-electron chi connectivity index (χ0n) is 17.0. The Morgan fingerprint density at radius 2 is 1.83 bits per heavy atom. The number of hydrogen-bond donors (Lipinski definition) is 1. The van der Waals surface area contributed by atoms with E-state index in [4.69, 9.17) is 4.42 Å². The van der Waals surface area contributed by atoms with Crippen LogP contribution in [0.3, 0.4) is 0 Å². The van der Waals surface area contributed by atoms with Crippen molar-refractivity contribution in [1.29, 1.82) is 0 Å². The van der Waals surface area contributed by atoms with Gasteiger partial charge in [-0.15, -0.1) is 0 Å². The Kier molecular flexibility index (Phi) is 5.67. The Morgan fingerprint density at radius 1 is 1.07 bits per heavy atom. The van der Waals surface area contributed by atoms with Gasteiger partial charge in [0.1, 0.15) is 0 Å². The normalized spacial score (nSPS) is 14.8. The van der Waals surface area contributed by atoms with E-state index >= 15 is 0 Å². The van der Waals surface area contributed by atoms with Crippen LogP contribution in [0.1, 0.15) is 33.3 Å². The molecule has 1 amide bonds. The summed E-state index contributed by atoms with van der Waals surface area (Å²) >= 11 is 0. The van der Waals surface area contributed by atoms with Crippen LogP contribution in [0.5, 0.6) is 0 Å². The number of hydrogen-bond acceptors (Lipinski definition) is 4. The summed E-state index contributed by atoms with van der Waals surface area (Å²) in [7, 11) is 4.08. The van der Waals surface area contributed by atoms with Gasteiger partial charge in [0.25, 0.3) is 5.91 Å².